The number of amides is 1. The minimum atomic E-state index is -0.0830. The average molecular weight is 424 g/mol. The van der Waals surface area contributed by atoms with Gasteiger partial charge in [-0.15, -0.1) is 0 Å². The van der Waals surface area contributed by atoms with Crippen molar-refractivity contribution in [1.29, 1.82) is 0 Å². The van der Waals surface area contributed by atoms with E-state index >= 15 is 0 Å². The molecule has 7 nitrogen and oxygen atoms in total. The zero-order valence-corrected chi connectivity index (χ0v) is 18.2. The van der Waals surface area contributed by atoms with Crippen LogP contribution in [0, 0.1) is 0 Å². The summed E-state index contributed by atoms with van der Waals surface area (Å²) in [5.41, 5.74) is 1.75. The summed E-state index contributed by atoms with van der Waals surface area (Å²) < 4.78 is 21.4. The lowest BCUT2D eigenvalue weighted by Gasteiger charge is -2.17. The van der Waals surface area contributed by atoms with Gasteiger partial charge in [0.25, 0.3) is 5.91 Å². The van der Waals surface area contributed by atoms with Crippen molar-refractivity contribution >= 4 is 17.5 Å². The summed E-state index contributed by atoms with van der Waals surface area (Å²) in [5.74, 6) is 2.43. The summed E-state index contributed by atoms with van der Waals surface area (Å²) >= 11 is 6.08. The third-order valence-electron chi connectivity index (χ3n) is 4.46. The van der Waals surface area contributed by atoms with Crippen LogP contribution in [-0.4, -0.2) is 47.9 Å². The maximum absolute atomic E-state index is 12.4. The van der Waals surface area contributed by atoms with Crippen molar-refractivity contribution in [1.82, 2.24) is 5.32 Å². The molecule has 29 heavy (non-hydrogen) atoms. The highest BCUT2D eigenvalue weighted by molar-refractivity contribution is 6.30. The smallest absolute Gasteiger partial charge is 0.275 e. The molecule has 2 N–H and O–H groups in total. The second-order valence-corrected chi connectivity index (χ2v) is 7.00. The number of nitrogens with one attached hydrogen (secondary N) is 2. The van der Waals surface area contributed by atoms with Gasteiger partial charge in [0.1, 0.15) is 18.0 Å². The summed E-state index contributed by atoms with van der Waals surface area (Å²) in [6, 6.07) is 9.00. The van der Waals surface area contributed by atoms with Crippen molar-refractivity contribution in [3.8, 4) is 23.0 Å². The van der Waals surface area contributed by atoms with E-state index in [1.807, 2.05) is 19.2 Å². The number of methoxy groups -OCH3 is 4. The number of carbonyl (C=O) groups excluding carboxylic acids is 1. The van der Waals surface area contributed by atoms with E-state index in [2.05, 4.69) is 5.32 Å². The van der Waals surface area contributed by atoms with E-state index in [0.29, 0.717) is 41.9 Å². The van der Waals surface area contributed by atoms with Gasteiger partial charge in [0, 0.05) is 28.8 Å². The molecule has 0 bridgehead atoms. The number of carbonyl (C=O) groups is 1. The van der Waals surface area contributed by atoms with Gasteiger partial charge in [-0.25, -0.2) is 0 Å². The Balaban J connectivity index is 1.98. The van der Waals surface area contributed by atoms with Crippen LogP contribution in [0.15, 0.2) is 30.3 Å². The van der Waals surface area contributed by atoms with Gasteiger partial charge in [0.15, 0.2) is 18.0 Å². The number of halogens is 1. The molecule has 1 amide bonds. The molecular weight excluding hydrogens is 396 g/mol. The topological polar surface area (TPSA) is 70.5 Å². The molecule has 2 aromatic rings. The van der Waals surface area contributed by atoms with E-state index < -0.39 is 0 Å². The minimum absolute atomic E-state index is 0.0830. The minimum Gasteiger partial charge on any atom is -0.496 e. The monoisotopic (exact) mass is 423 g/mol. The molecule has 1 atom stereocenters. The first-order chi connectivity index (χ1) is 13.9. The van der Waals surface area contributed by atoms with Crippen LogP contribution in [0.1, 0.15) is 11.1 Å². The highest BCUT2D eigenvalue weighted by Crippen LogP contribution is 2.34. The van der Waals surface area contributed by atoms with Gasteiger partial charge in [0.2, 0.25) is 0 Å². The molecule has 0 aromatic heterocycles. The van der Waals surface area contributed by atoms with Crippen LogP contribution in [0.5, 0.6) is 23.0 Å². The highest BCUT2D eigenvalue weighted by Gasteiger charge is 2.16. The second-order valence-electron chi connectivity index (χ2n) is 6.56. The first-order valence-electron chi connectivity index (χ1n) is 9.11. The van der Waals surface area contributed by atoms with Crippen LogP contribution in [-0.2, 0) is 17.9 Å². The number of hydrogen-bond donors (Lipinski definition) is 2. The molecule has 8 heteroatoms. The normalized spacial score (nSPS) is 11.5. The average Bonchev–Trinajstić information content (AvgIpc) is 2.71. The molecule has 0 fully saturated rings. The van der Waals surface area contributed by atoms with Gasteiger partial charge < -0.3 is 29.2 Å². The van der Waals surface area contributed by atoms with Crippen molar-refractivity contribution in [2.45, 2.75) is 13.1 Å². The number of hydrogen-bond acceptors (Lipinski definition) is 5. The zero-order chi connectivity index (χ0) is 21.4. The van der Waals surface area contributed by atoms with Gasteiger partial charge in [-0.3, -0.25) is 4.79 Å². The third kappa shape index (κ3) is 6.17. The quantitative estimate of drug-likeness (QED) is 0.608. The molecule has 0 aliphatic rings. The van der Waals surface area contributed by atoms with Crippen LogP contribution in [0.25, 0.3) is 0 Å². The van der Waals surface area contributed by atoms with Crippen LogP contribution in [0.4, 0.5) is 0 Å². The summed E-state index contributed by atoms with van der Waals surface area (Å²) in [4.78, 5) is 13.4. The van der Waals surface area contributed by atoms with E-state index in [0.717, 1.165) is 21.8 Å². The molecule has 0 saturated carbocycles. The number of ether oxygens (including phenoxy) is 4. The zero-order valence-electron chi connectivity index (χ0n) is 17.4. The number of rotatable bonds is 10. The van der Waals surface area contributed by atoms with Crippen LogP contribution in [0.2, 0.25) is 5.02 Å². The second kappa shape index (κ2) is 10.8. The number of likely N-dealkylation sites (N-methyl/N-ethyl adjacent to an activating group) is 1. The van der Waals surface area contributed by atoms with E-state index in [1.54, 1.807) is 46.6 Å². The van der Waals surface area contributed by atoms with Gasteiger partial charge in [-0.1, -0.05) is 11.6 Å². The van der Waals surface area contributed by atoms with Crippen LogP contribution >= 0.6 is 11.6 Å². The fourth-order valence-corrected chi connectivity index (χ4v) is 3.23. The number of quaternary nitrogens is 1. The lowest BCUT2D eigenvalue weighted by molar-refractivity contribution is -0.885. The Bertz CT molecular complexity index is 844. The Labute approximate surface area is 176 Å². The largest absolute Gasteiger partial charge is 0.496 e. The molecule has 0 saturated heterocycles. The first-order valence-corrected chi connectivity index (χ1v) is 9.48. The predicted molar refractivity (Wildman–Crippen MR) is 111 cm³/mol. The SMILES string of the molecule is COc1cc(OC)c(OC)cc1CNC(=O)C[NH+](C)Cc1cc(Cl)ccc1OC. The molecule has 2 aromatic carbocycles. The maximum atomic E-state index is 12.4. The van der Waals surface area contributed by atoms with Crippen LogP contribution in [0.3, 0.4) is 0 Å². The Morgan fingerprint density at radius 2 is 1.52 bits per heavy atom. The van der Waals surface area contributed by atoms with Crippen molar-refractivity contribution in [3.63, 3.8) is 0 Å². The first kappa shape index (κ1) is 22.6. The molecule has 2 rings (SSSR count). The lowest BCUT2D eigenvalue weighted by atomic mass is 10.1. The van der Waals surface area contributed by atoms with Gasteiger partial charge in [-0.2, -0.15) is 0 Å². The van der Waals surface area contributed by atoms with Crippen molar-refractivity contribution in [2.75, 3.05) is 42.0 Å². The van der Waals surface area contributed by atoms with Gasteiger partial charge >= 0.3 is 0 Å². The molecule has 1 unspecified atom stereocenters. The number of benzene rings is 2. The molecule has 0 aliphatic carbocycles. The molecule has 0 heterocycles. The summed E-state index contributed by atoms with van der Waals surface area (Å²) in [6.45, 7) is 1.22. The molecule has 158 valence electrons. The van der Waals surface area contributed by atoms with E-state index in [1.165, 1.54) is 0 Å². The van der Waals surface area contributed by atoms with E-state index in [-0.39, 0.29) is 5.91 Å². The fourth-order valence-electron chi connectivity index (χ4n) is 3.03. The summed E-state index contributed by atoms with van der Waals surface area (Å²) in [5, 5.41) is 3.56. The standard InChI is InChI=1S/C21H27ClN2O5/c1-24(12-15-8-16(22)6-7-17(15)26-2)13-21(25)23-11-14-9-19(28-4)20(29-5)10-18(14)27-3/h6-10H,11-13H2,1-5H3,(H,23,25)/p+1. The van der Waals surface area contributed by atoms with E-state index in [9.17, 15) is 4.79 Å². The Kier molecular flexibility index (Phi) is 8.42. The van der Waals surface area contributed by atoms with Crippen LogP contribution < -0.4 is 29.2 Å². The Morgan fingerprint density at radius 1 is 0.897 bits per heavy atom. The Hall–Kier alpha value is -2.64. The Morgan fingerprint density at radius 3 is 2.14 bits per heavy atom. The molecule has 0 aliphatic heterocycles. The maximum Gasteiger partial charge on any atom is 0.275 e. The fraction of sp³-hybridized carbons (Fsp3) is 0.381. The van der Waals surface area contributed by atoms with Gasteiger partial charge in [-0.05, 0) is 24.3 Å². The molecule has 0 radical (unpaired) electrons. The van der Waals surface area contributed by atoms with E-state index in [4.69, 9.17) is 30.5 Å². The summed E-state index contributed by atoms with van der Waals surface area (Å²) in [7, 11) is 8.26. The molecule has 0 spiro atoms. The van der Waals surface area contributed by atoms with Crippen molar-refractivity contribution in [2.24, 2.45) is 0 Å². The van der Waals surface area contributed by atoms with Crippen molar-refractivity contribution in [3.05, 3.63) is 46.5 Å². The summed E-state index contributed by atoms with van der Waals surface area (Å²) in [6.07, 6.45) is 0. The third-order valence-corrected chi connectivity index (χ3v) is 4.69. The molecular formula is C21H28ClN2O5+. The lowest BCUT2D eigenvalue weighted by Crippen LogP contribution is -3.08. The van der Waals surface area contributed by atoms with Gasteiger partial charge in [0.05, 0.1) is 35.5 Å². The highest BCUT2D eigenvalue weighted by atomic mass is 35.5. The van der Waals surface area contributed by atoms with Crippen molar-refractivity contribution < 1.29 is 28.6 Å². The predicted octanol–water partition coefficient (Wildman–Crippen LogP) is 1.71.